The molecule has 1 aromatic rings. The van der Waals surface area contributed by atoms with Crippen LogP contribution in [-0.4, -0.2) is 105 Å². The van der Waals surface area contributed by atoms with Crippen LogP contribution in [0.5, 0.6) is 5.75 Å². The van der Waals surface area contributed by atoms with Crippen LogP contribution in [0, 0.1) is 10.8 Å². The molecule has 1 aromatic carbocycles. The first kappa shape index (κ1) is 44.6. The number of aryl methyl sites for hydroxylation is 1. The number of likely N-dealkylation sites (N-methyl/N-ethyl adjacent to an activating group) is 1. The van der Waals surface area contributed by atoms with E-state index in [1.165, 1.54) is 0 Å². The second-order valence-corrected chi connectivity index (χ2v) is 20.4. The summed E-state index contributed by atoms with van der Waals surface area (Å²) >= 11 is 0. The van der Waals surface area contributed by atoms with Crippen LogP contribution in [0.25, 0.3) is 0 Å². The lowest BCUT2D eigenvalue weighted by Gasteiger charge is -2.43. The highest BCUT2D eigenvalue weighted by molar-refractivity contribution is 7.47. The molecule has 2 N–H and O–H groups in total. The minimum Gasteiger partial charge on any atom is -0.463 e. The zero-order valence-corrected chi connectivity index (χ0v) is 34.2. The minimum atomic E-state index is -4.32. The normalized spacial score (nSPS) is 16.8. The van der Waals surface area contributed by atoms with Crippen molar-refractivity contribution in [3.63, 3.8) is 0 Å². The molecule has 0 aliphatic heterocycles. The predicted octanol–water partition coefficient (Wildman–Crippen LogP) is 6.01. The van der Waals surface area contributed by atoms with E-state index < -0.39 is 30.6 Å². The Morgan fingerprint density at radius 3 is 1.96 bits per heavy atom. The van der Waals surface area contributed by atoms with Crippen molar-refractivity contribution in [2.45, 2.75) is 84.0 Å². The maximum atomic E-state index is 13.9. The van der Waals surface area contributed by atoms with Gasteiger partial charge in [0.25, 0.3) is 0 Å². The minimum absolute atomic E-state index is 0.0349. The van der Waals surface area contributed by atoms with Crippen LogP contribution in [0.15, 0.2) is 24.3 Å². The van der Waals surface area contributed by atoms with Crippen molar-refractivity contribution >= 4 is 42.8 Å². The molecule has 0 saturated heterocycles. The van der Waals surface area contributed by atoms with Crippen LogP contribution >= 0.6 is 25.0 Å². The lowest BCUT2D eigenvalue weighted by Crippen LogP contribution is -2.44. The number of nitrogens with zero attached hydrogens (tertiary/aromatic N) is 1. The molecule has 0 heterocycles. The number of nitrogens with one attached hydrogen (secondary N) is 1. The van der Waals surface area contributed by atoms with E-state index in [1.807, 2.05) is 40.2 Å². The summed E-state index contributed by atoms with van der Waals surface area (Å²) in [6, 6.07) is 7.06. The van der Waals surface area contributed by atoms with Gasteiger partial charge >= 0.3 is 19.8 Å². The third-order valence-electron chi connectivity index (χ3n) is 8.41. The smallest absolute Gasteiger partial charge is 0.463 e. The fourth-order valence-corrected chi connectivity index (χ4v) is 8.32. The Morgan fingerprint density at radius 1 is 0.854 bits per heavy atom. The van der Waals surface area contributed by atoms with E-state index in [-0.39, 0.29) is 42.5 Å². The van der Waals surface area contributed by atoms with Crippen molar-refractivity contribution in [3.05, 3.63) is 29.8 Å². The Bertz CT molecular complexity index is 1250. The number of carbonyl (C=O) groups is 3. The molecular weight excluding hydrogens is 673 g/mol. The first-order valence-electron chi connectivity index (χ1n) is 16.4. The lowest BCUT2D eigenvalue weighted by molar-refractivity contribution is -0.870. The number of quaternary nitrogens is 1. The van der Waals surface area contributed by atoms with Crippen LogP contribution in [0.3, 0.4) is 0 Å². The average molecular weight is 736 g/mol. The molecule has 0 bridgehead atoms. The van der Waals surface area contributed by atoms with Crippen LogP contribution < -0.4 is 10.1 Å². The highest BCUT2D eigenvalue weighted by Gasteiger charge is 2.48. The SMILES string of the molecule is CNC(=O)CCc1ccc(OC(=O)C(C)(C)CC(C)(CC(C)(CC(C)(C)PC)PC)C(=O)OCCOP(=O)(O)OCC[N+](C)(C)C)cc1. The van der Waals surface area contributed by atoms with Crippen molar-refractivity contribution in [3.8, 4) is 5.75 Å². The number of benzene rings is 1. The molecule has 5 atom stereocenters. The fourth-order valence-electron chi connectivity index (χ4n) is 5.70. The Hall–Kier alpha value is -1.44. The van der Waals surface area contributed by atoms with E-state index in [9.17, 15) is 23.8 Å². The van der Waals surface area contributed by atoms with E-state index in [4.69, 9.17) is 18.5 Å². The standard InChI is InChI=1S/C34H61N2O9P3/c1-31(2,29(38)45-27-16-13-26(14-17-27)15-18-28(37)35-7)23-33(5,25-34(6,47-12)24-32(3,4)46-11)30(39)42-21-22-44-48(40,41)43-20-19-36(8,9)10/h13-14,16-17,46-47H,15,18-25H2,1-12H3,(H-,35,37,40,41)/p+1. The zero-order valence-electron chi connectivity index (χ0n) is 31.3. The number of carbonyl (C=O) groups excluding carboxylic acids is 3. The van der Waals surface area contributed by atoms with Crippen LogP contribution in [0.1, 0.15) is 72.8 Å². The Kier molecular flexibility index (Phi) is 17.4. The molecule has 0 radical (unpaired) electrons. The van der Waals surface area contributed by atoms with Crippen molar-refractivity contribution in [2.24, 2.45) is 10.8 Å². The number of ether oxygens (including phenoxy) is 2. The van der Waals surface area contributed by atoms with Gasteiger partial charge in [0.15, 0.2) is 0 Å². The molecule has 276 valence electrons. The zero-order chi connectivity index (χ0) is 37.0. The van der Waals surface area contributed by atoms with Gasteiger partial charge < -0.3 is 24.2 Å². The lowest BCUT2D eigenvalue weighted by atomic mass is 9.68. The second kappa shape index (κ2) is 18.7. The molecule has 0 aliphatic carbocycles. The van der Waals surface area contributed by atoms with Gasteiger partial charge in [-0.05, 0) is 87.8 Å². The molecule has 1 rings (SSSR count). The van der Waals surface area contributed by atoms with Gasteiger partial charge in [0.05, 0.1) is 38.6 Å². The second-order valence-electron chi connectivity index (χ2n) is 15.4. The molecular formula is C34H62N2O9P3+. The molecule has 11 nitrogen and oxygen atoms in total. The highest BCUT2D eigenvalue weighted by atomic mass is 31.2. The van der Waals surface area contributed by atoms with Crippen molar-refractivity contribution in [2.75, 3.05) is 67.9 Å². The Morgan fingerprint density at radius 2 is 1.44 bits per heavy atom. The molecule has 14 heteroatoms. The molecule has 0 fully saturated rings. The number of phosphoric ester groups is 1. The summed E-state index contributed by atoms with van der Waals surface area (Å²) in [4.78, 5) is 49.1. The number of phosphoric acid groups is 1. The topological polar surface area (TPSA) is 137 Å². The monoisotopic (exact) mass is 735 g/mol. The summed E-state index contributed by atoms with van der Waals surface area (Å²) in [5.41, 5.74) is -1.20. The van der Waals surface area contributed by atoms with Crippen LogP contribution in [0.2, 0.25) is 0 Å². The quantitative estimate of drug-likeness (QED) is 0.0482. The maximum Gasteiger partial charge on any atom is 0.472 e. The predicted molar refractivity (Wildman–Crippen MR) is 197 cm³/mol. The Labute approximate surface area is 292 Å². The summed E-state index contributed by atoms with van der Waals surface area (Å²) in [5, 5.41) is 2.47. The molecule has 0 aromatic heterocycles. The molecule has 0 spiro atoms. The van der Waals surface area contributed by atoms with Gasteiger partial charge in [0.2, 0.25) is 5.91 Å². The molecule has 0 saturated carbocycles. The van der Waals surface area contributed by atoms with Gasteiger partial charge in [-0.1, -0.05) is 32.9 Å². The van der Waals surface area contributed by atoms with Crippen molar-refractivity contribution in [1.82, 2.24) is 5.32 Å². The third-order valence-corrected chi connectivity index (χ3v) is 12.5. The van der Waals surface area contributed by atoms with E-state index in [0.29, 0.717) is 53.2 Å². The number of amides is 1. The average Bonchev–Trinajstić information content (AvgIpc) is 2.97. The summed E-state index contributed by atoms with van der Waals surface area (Å²) in [7, 11) is 4.34. The van der Waals surface area contributed by atoms with Gasteiger partial charge in [-0.2, -0.15) is 0 Å². The van der Waals surface area contributed by atoms with Gasteiger partial charge in [0, 0.05) is 13.5 Å². The van der Waals surface area contributed by atoms with E-state index in [1.54, 1.807) is 33.0 Å². The van der Waals surface area contributed by atoms with Gasteiger partial charge in [-0.3, -0.25) is 23.4 Å². The molecule has 0 aliphatic rings. The van der Waals surface area contributed by atoms with Crippen LogP contribution in [-0.2, 0) is 39.2 Å². The van der Waals surface area contributed by atoms with Gasteiger partial charge in [-0.15, -0.1) is 17.2 Å². The summed E-state index contributed by atoms with van der Waals surface area (Å²) in [5.74, 6) is -0.660. The number of rotatable bonds is 22. The van der Waals surface area contributed by atoms with Gasteiger partial charge in [-0.25, -0.2) is 4.57 Å². The molecule has 1 amide bonds. The summed E-state index contributed by atoms with van der Waals surface area (Å²) < 4.78 is 34.5. The molecule has 5 unspecified atom stereocenters. The van der Waals surface area contributed by atoms with E-state index in [0.717, 1.165) is 12.0 Å². The Balaban J connectivity index is 3.12. The van der Waals surface area contributed by atoms with E-state index >= 15 is 0 Å². The number of esters is 2. The van der Waals surface area contributed by atoms with Gasteiger partial charge in [0.1, 0.15) is 25.5 Å². The van der Waals surface area contributed by atoms with Crippen molar-refractivity contribution in [1.29, 1.82) is 0 Å². The first-order valence-corrected chi connectivity index (χ1v) is 20.9. The van der Waals surface area contributed by atoms with Crippen molar-refractivity contribution < 1.29 is 46.8 Å². The van der Waals surface area contributed by atoms with Crippen LogP contribution in [0.4, 0.5) is 0 Å². The molecule has 48 heavy (non-hydrogen) atoms. The maximum absolute atomic E-state index is 13.9. The highest BCUT2D eigenvalue weighted by Crippen LogP contribution is 2.51. The first-order chi connectivity index (χ1) is 21.9. The summed E-state index contributed by atoms with van der Waals surface area (Å²) in [6.45, 7) is 16.3. The van der Waals surface area contributed by atoms with E-state index in [2.05, 4.69) is 39.4 Å². The fraction of sp³-hybridized carbons (Fsp3) is 0.735. The largest absolute Gasteiger partial charge is 0.472 e. The number of hydrogen-bond donors (Lipinski definition) is 2. The number of hydrogen-bond acceptors (Lipinski definition) is 8. The third kappa shape index (κ3) is 16.5. The summed E-state index contributed by atoms with van der Waals surface area (Å²) in [6.07, 6.45) is 2.46.